The number of anilines is 2. The molecule has 0 heterocycles. The molecule has 172 valence electrons. The molecule has 2 aromatic rings. The van der Waals surface area contributed by atoms with E-state index in [0.717, 1.165) is 36.4 Å². The van der Waals surface area contributed by atoms with Gasteiger partial charge in [0, 0.05) is 48.4 Å². The van der Waals surface area contributed by atoms with Crippen LogP contribution in [0, 0.1) is 18.3 Å². The fraction of sp³-hybridized carbons (Fsp3) is 0.308. The quantitative estimate of drug-likeness (QED) is 0.179. The van der Waals surface area contributed by atoms with E-state index in [2.05, 4.69) is 49.8 Å². The van der Waals surface area contributed by atoms with Crippen molar-refractivity contribution in [3.05, 3.63) is 65.2 Å². The lowest BCUT2D eigenvalue weighted by atomic mass is 10.1. The van der Waals surface area contributed by atoms with E-state index < -0.39 is 0 Å². The molecule has 1 amide bonds. The minimum atomic E-state index is -0.167. The summed E-state index contributed by atoms with van der Waals surface area (Å²) in [6.07, 6.45) is 6.93. The van der Waals surface area contributed by atoms with Crippen LogP contribution in [0.4, 0.5) is 17.1 Å². The minimum Gasteiger partial charge on any atom is -0.367 e. The summed E-state index contributed by atoms with van der Waals surface area (Å²) >= 11 is 1.16. The molecule has 0 aliphatic rings. The van der Waals surface area contributed by atoms with Crippen molar-refractivity contribution in [2.75, 3.05) is 16.8 Å². The highest BCUT2D eigenvalue weighted by Gasteiger charge is 2.14. The molecule has 2 aromatic carbocycles. The molecule has 0 bridgehead atoms. The van der Waals surface area contributed by atoms with Crippen LogP contribution >= 0.6 is 11.9 Å². The summed E-state index contributed by atoms with van der Waals surface area (Å²) in [5, 5.41) is 12.1. The van der Waals surface area contributed by atoms with Crippen molar-refractivity contribution < 1.29 is 4.79 Å². The second-order valence-electron chi connectivity index (χ2n) is 7.82. The number of amides is 1. The lowest BCUT2D eigenvalue weighted by Crippen LogP contribution is -2.22. The number of hydrogen-bond acceptors (Lipinski definition) is 6. The normalized spacial score (nSPS) is 11.4. The average molecular weight is 462 g/mol. The number of azo groups is 1. The van der Waals surface area contributed by atoms with Gasteiger partial charge in [0.2, 0.25) is 5.91 Å². The molecule has 0 aliphatic carbocycles. The third kappa shape index (κ3) is 8.59. The number of nitrogens with one attached hydrogen (secondary N) is 1. The van der Waals surface area contributed by atoms with E-state index in [9.17, 15) is 4.79 Å². The van der Waals surface area contributed by atoms with Crippen molar-refractivity contribution in [3.8, 4) is 12.3 Å². The molecule has 0 spiro atoms. The van der Waals surface area contributed by atoms with Gasteiger partial charge in [0.25, 0.3) is 0 Å². The molecular formula is C26H31N5OS. The van der Waals surface area contributed by atoms with Crippen LogP contribution in [0.25, 0.3) is 0 Å². The molecule has 0 aromatic heterocycles. The Kier molecular flexibility index (Phi) is 10.4. The van der Waals surface area contributed by atoms with Gasteiger partial charge in [-0.25, -0.2) is 4.40 Å². The van der Waals surface area contributed by atoms with Crippen LogP contribution < -0.4 is 10.2 Å². The van der Waals surface area contributed by atoms with Gasteiger partial charge in [0.1, 0.15) is 10.7 Å². The number of rotatable bonds is 10. The Balaban J connectivity index is 2.39. The van der Waals surface area contributed by atoms with E-state index in [1.54, 1.807) is 0 Å². The SMILES string of the molecule is C#C/C=C(\N=Nc1ccc(N(CC)Cc2ccccc2)cc1NC(=O)C(C)C)SN=C(C)C. The van der Waals surface area contributed by atoms with E-state index >= 15 is 0 Å². The molecule has 0 radical (unpaired) electrons. The van der Waals surface area contributed by atoms with Gasteiger partial charge in [-0.3, -0.25) is 4.79 Å². The number of carbonyl (C=O) groups excluding carboxylic acids is 1. The summed E-state index contributed by atoms with van der Waals surface area (Å²) in [5.41, 5.74) is 4.24. The number of terminal acetylenes is 1. The Morgan fingerprint density at radius 3 is 2.55 bits per heavy atom. The standard InChI is InChI=1S/C26H31N5OS/c1-7-12-25(33-30-20(5)6)29-28-23-16-15-22(17-24(23)27-26(32)19(3)4)31(8-2)18-21-13-10-9-11-14-21/h1,9-17,19H,8,18H2,2-6H3,(H,27,32)/b25-12+,29-28?. The number of benzene rings is 2. The van der Waals surface area contributed by atoms with Gasteiger partial charge >= 0.3 is 0 Å². The van der Waals surface area contributed by atoms with Crippen molar-refractivity contribution in [2.45, 2.75) is 41.2 Å². The Labute approximate surface area is 201 Å². The molecule has 0 fully saturated rings. The van der Waals surface area contributed by atoms with Crippen molar-refractivity contribution in [1.29, 1.82) is 0 Å². The average Bonchev–Trinajstić information content (AvgIpc) is 2.80. The largest absolute Gasteiger partial charge is 0.367 e. The molecule has 0 atom stereocenters. The second kappa shape index (κ2) is 13.2. The number of carbonyl (C=O) groups is 1. The Morgan fingerprint density at radius 2 is 1.94 bits per heavy atom. The predicted molar refractivity (Wildman–Crippen MR) is 141 cm³/mol. The summed E-state index contributed by atoms with van der Waals surface area (Å²) in [7, 11) is 0. The van der Waals surface area contributed by atoms with Crippen molar-refractivity contribution >= 4 is 40.6 Å². The van der Waals surface area contributed by atoms with Crippen LogP contribution in [-0.4, -0.2) is 18.2 Å². The van der Waals surface area contributed by atoms with Gasteiger partial charge in [0.15, 0.2) is 0 Å². The first kappa shape index (κ1) is 25.9. The molecule has 0 aliphatic heterocycles. The molecule has 7 heteroatoms. The van der Waals surface area contributed by atoms with E-state index in [4.69, 9.17) is 6.42 Å². The highest BCUT2D eigenvalue weighted by atomic mass is 32.2. The topological polar surface area (TPSA) is 69.4 Å². The van der Waals surface area contributed by atoms with Gasteiger partial charge in [-0.15, -0.1) is 16.7 Å². The predicted octanol–water partition coefficient (Wildman–Crippen LogP) is 6.99. The maximum atomic E-state index is 12.5. The first-order valence-corrected chi connectivity index (χ1v) is 11.6. The fourth-order valence-corrected chi connectivity index (χ4v) is 3.23. The summed E-state index contributed by atoms with van der Waals surface area (Å²) in [6, 6.07) is 16.1. The number of hydrogen-bond donors (Lipinski definition) is 1. The first-order chi connectivity index (χ1) is 15.8. The van der Waals surface area contributed by atoms with Gasteiger partial charge in [0.05, 0.1) is 5.69 Å². The molecular weight excluding hydrogens is 430 g/mol. The van der Waals surface area contributed by atoms with Gasteiger partial charge < -0.3 is 10.2 Å². The molecule has 0 unspecified atom stereocenters. The Bertz CT molecular complexity index is 1060. The smallest absolute Gasteiger partial charge is 0.226 e. The van der Waals surface area contributed by atoms with Gasteiger partial charge in [-0.2, -0.15) is 0 Å². The summed E-state index contributed by atoms with van der Waals surface area (Å²) < 4.78 is 4.28. The molecule has 33 heavy (non-hydrogen) atoms. The molecule has 1 N–H and O–H groups in total. The van der Waals surface area contributed by atoms with Crippen molar-refractivity contribution in [3.63, 3.8) is 0 Å². The van der Waals surface area contributed by atoms with Gasteiger partial charge in [-0.1, -0.05) is 50.1 Å². The molecule has 0 saturated carbocycles. The van der Waals surface area contributed by atoms with Crippen LogP contribution in [0.2, 0.25) is 0 Å². The van der Waals surface area contributed by atoms with Crippen LogP contribution in [0.1, 0.15) is 40.2 Å². The van der Waals surface area contributed by atoms with Crippen LogP contribution in [0.3, 0.4) is 0 Å². The van der Waals surface area contributed by atoms with Gasteiger partial charge in [-0.05, 0) is 44.5 Å². The maximum Gasteiger partial charge on any atom is 0.226 e. The first-order valence-electron chi connectivity index (χ1n) is 10.8. The van der Waals surface area contributed by atoms with E-state index in [1.807, 2.05) is 64.1 Å². The van der Waals surface area contributed by atoms with Crippen LogP contribution in [0.5, 0.6) is 0 Å². The number of nitrogens with zero attached hydrogens (tertiary/aromatic N) is 4. The van der Waals surface area contributed by atoms with Crippen molar-refractivity contribution in [1.82, 2.24) is 0 Å². The Hall–Kier alpha value is -3.37. The third-order valence-corrected chi connectivity index (χ3v) is 5.35. The van der Waals surface area contributed by atoms with E-state index in [1.165, 1.54) is 11.6 Å². The summed E-state index contributed by atoms with van der Waals surface area (Å²) in [4.78, 5) is 14.7. The zero-order valence-electron chi connectivity index (χ0n) is 19.9. The second-order valence-corrected chi connectivity index (χ2v) is 8.61. The zero-order valence-corrected chi connectivity index (χ0v) is 20.7. The van der Waals surface area contributed by atoms with Crippen molar-refractivity contribution in [2.24, 2.45) is 20.5 Å². The highest BCUT2D eigenvalue weighted by molar-refractivity contribution is 8.01. The lowest BCUT2D eigenvalue weighted by molar-refractivity contribution is -0.118. The lowest BCUT2D eigenvalue weighted by Gasteiger charge is -2.24. The molecule has 2 rings (SSSR count). The van der Waals surface area contributed by atoms with Crippen LogP contribution in [-0.2, 0) is 11.3 Å². The zero-order chi connectivity index (χ0) is 24.2. The molecule has 6 nitrogen and oxygen atoms in total. The Morgan fingerprint density at radius 1 is 1.21 bits per heavy atom. The molecule has 0 saturated heterocycles. The summed E-state index contributed by atoms with van der Waals surface area (Å²) in [5.74, 6) is 2.21. The van der Waals surface area contributed by atoms with E-state index in [0.29, 0.717) is 16.4 Å². The minimum absolute atomic E-state index is 0.0883. The van der Waals surface area contributed by atoms with E-state index in [-0.39, 0.29) is 11.8 Å². The third-order valence-electron chi connectivity index (χ3n) is 4.51. The van der Waals surface area contributed by atoms with Crippen LogP contribution in [0.15, 0.2) is 74.3 Å². The fourth-order valence-electron chi connectivity index (χ4n) is 2.76. The maximum absolute atomic E-state index is 12.5. The monoisotopic (exact) mass is 461 g/mol. The summed E-state index contributed by atoms with van der Waals surface area (Å²) in [6.45, 7) is 11.2. The number of allylic oxidation sites excluding steroid dienone is 1. The highest BCUT2D eigenvalue weighted by Crippen LogP contribution is 2.33.